The molecule has 2 rings (SSSR count). The molecule has 0 amide bonds. The molecule has 0 fully saturated rings. The summed E-state index contributed by atoms with van der Waals surface area (Å²) >= 11 is 3.47. The molecule has 0 aliphatic rings. The van der Waals surface area contributed by atoms with E-state index in [-0.39, 0.29) is 6.04 Å². The number of nitrogens with two attached hydrogens (primary N) is 2. The smallest absolute Gasteiger partial charge is 0.0568 e. The Morgan fingerprint density at radius 1 is 1.06 bits per heavy atom. The molecule has 0 bridgehead atoms. The highest BCUT2D eigenvalue weighted by Crippen LogP contribution is 2.25. The van der Waals surface area contributed by atoms with Crippen molar-refractivity contribution in [2.24, 2.45) is 0 Å². The van der Waals surface area contributed by atoms with Gasteiger partial charge in [0.2, 0.25) is 0 Å². The van der Waals surface area contributed by atoms with Gasteiger partial charge < -0.3 is 16.8 Å². The molecule has 1 atom stereocenters. The van der Waals surface area contributed by atoms with Crippen LogP contribution < -0.4 is 16.8 Å². The van der Waals surface area contributed by atoms with Gasteiger partial charge in [0, 0.05) is 16.2 Å². The zero-order valence-electron chi connectivity index (χ0n) is 10.2. The van der Waals surface area contributed by atoms with E-state index >= 15 is 0 Å². The van der Waals surface area contributed by atoms with E-state index in [0.29, 0.717) is 11.4 Å². The third kappa shape index (κ3) is 2.96. The topological polar surface area (TPSA) is 64.1 Å². The van der Waals surface area contributed by atoms with E-state index in [1.807, 2.05) is 30.3 Å². The normalized spacial score (nSPS) is 12.1. The van der Waals surface area contributed by atoms with Crippen molar-refractivity contribution in [1.29, 1.82) is 0 Å². The molecule has 94 valence electrons. The lowest BCUT2D eigenvalue weighted by Crippen LogP contribution is -2.07. The number of hydrogen-bond donors (Lipinski definition) is 3. The van der Waals surface area contributed by atoms with Crippen LogP contribution in [0.2, 0.25) is 0 Å². The molecule has 0 aliphatic heterocycles. The minimum absolute atomic E-state index is 0.200. The van der Waals surface area contributed by atoms with Crippen molar-refractivity contribution in [3.63, 3.8) is 0 Å². The summed E-state index contributed by atoms with van der Waals surface area (Å²) < 4.78 is 1.07. The van der Waals surface area contributed by atoms with Crippen LogP contribution in [0.15, 0.2) is 46.9 Å². The maximum Gasteiger partial charge on any atom is 0.0568 e. The van der Waals surface area contributed by atoms with Crippen molar-refractivity contribution in [3.8, 4) is 0 Å². The van der Waals surface area contributed by atoms with Crippen LogP contribution in [0.5, 0.6) is 0 Å². The Morgan fingerprint density at radius 2 is 1.83 bits per heavy atom. The fourth-order valence-electron chi connectivity index (χ4n) is 1.77. The van der Waals surface area contributed by atoms with Crippen LogP contribution in [-0.2, 0) is 0 Å². The van der Waals surface area contributed by atoms with Crippen molar-refractivity contribution in [1.82, 2.24) is 0 Å². The van der Waals surface area contributed by atoms with Crippen LogP contribution in [0.4, 0.5) is 17.1 Å². The lowest BCUT2D eigenvalue weighted by molar-refractivity contribution is 0.884. The summed E-state index contributed by atoms with van der Waals surface area (Å²) in [7, 11) is 0. The molecule has 0 spiro atoms. The fraction of sp³-hybridized carbons (Fsp3) is 0.143. The van der Waals surface area contributed by atoms with Crippen molar-refractivity contribution < 1.29 is 0 Å². The van der Waals surface area contributed by atoms with Crippen molar-refractivity contribution in [2.75, 3.05) is 16.8 Å². The van der Waals surface area contributed by atoms with Crippen molar-refractivity contribution in [3.05, 3.63) is 52.5 Å². The first-order valence-corrected chi connectivity index (χ1v) is 6.52. The summed E-state index contributed by atoms with van der Waals surface area (Å²) in [6.45, 7) is 2.11. The Kier molecular flexibility index (Phi) is 3.77. The van der Waals surface area contributed by atoms with Gasteiger partial charge in [0.1, 0.15) is 0 Å². The van der Waals surface area contributed by atoms with Gasteiger partial charge in [-0.2, -0.15) is 0 Å². The second kappa shape index (κ2) is 5.31. The lowest BCUT2D eigenvalue weighted by atomic mass is 10.1. The second-order valence-corrected chi connectivity index (χ2v) is 5.18. The highest BCUT2D eigenvalue weighted by atomic mass is 79.9. The van der Waals surface area contributed by atoms with E-state index in [1.165, 1.54) is 5.56 Å². The molecule has 0 radical (unpaired) electrons. The van der Waals surface area contributed by atoms with E-state index in [1.54, 1.807) is 0 Å². The largest absolute Gasteiger partial charge is 0.397 e. The maximum absolute atomic E-state index is 5.79. The summed E-state index contributed by atoms with van der Waals surface area (Å²) in [5.41, 5.74) is 14.9. The number of anilines is 3. The van der Waals surface area contributed by atoms with Crippen LogP contribution in [0, 0.1) is 0 Å². The highest BCUT2D eigenvalue weighted by Gasteiger charge is 2.06. The van der Waals surface area contributed by atoms with Crippen LogP contribution in [0.1, 0.15) is 18.5 Å². The molecule has 18 heavy (non-hydrogen) atoms. The van der Waals surface area contributed by atoms with Crippen LogP contribution in [0.25, 0.3) is 0 Å². The molecular weight excluding hydrogens is 290 g/mol. The second-order valence-electron chi connectivity index (χ2n) is 4.26. The van der Waals surface area contributed by atoms with Gasteiger partial charge in [-0.1, -0.05) is 28.1 Å². The number of halogens is 1. The SMILES string of the molecule is CC(Nc1ccc(N)c(N)c1)c1cccc(Br)c1. The van der Waals surface area contributed by atoms with Crippen molar-refractivity contribution in [2.45, 2.75) is 13.0 Å². The van der Waals surface area contributed by atoms with E-state index < -0.39 is 0 Å². The predicted molar refractivity (Wildman–Crippen MR) is 81.4 cm³/mol. The molecule has 0 aromatic heterocycles. The first-order valence-electron chi connectivity index (χ1n) is 5.73. The minimum atomic E-state index is 0.200. The monoisotopic (exact) mass is 305 g/mol. The molecule has 0 heterocycles. The van der Waals surface area contributed by atoms with Gasteiger partial charge in [0.05, 0.1) is 11.4 Å². The highest BCUT2D eigenvalue weighted by molar-refractivity contribution is 9.10. The van der Waals surface area contributed by atoms with Crippen molar-refractivity contribution >= 4 is 33.0 Å². The zero-order valence-corrected chi connectivity index (χ0v) is 11.7. The maximum atomic E-state index is 5.79. The molecule has 4 heteroatoms. The summed E-state index contributed by atoms with van der Waals surface area (Å²) in [5.74, 6) is 0. The minimum Gasteiger partial charge on any atom is -0.397 e. The Bertz CT molecular complexity index is 554. The Balaban J connectivity index is 2.16. The Labute approximate surface area is 115 Å². The standard InChI is InChI=1S/C14H16BrN3/c1-9(10-3-2-4-11(15)7-10)18-12-5-6-13(16)14(17)8-12/h2-9,18H,16-17H2,1H3. The summed E-state index contributed by atoms with van der Waals surface area (Å²) in [5, 5.41) is 3.40. The third-order valence-electron chi connectivity index (χ3n) is 2.82. The number of nitrogens with one attached hydrogen (secondary N) is 1. The van der Waals surface area contributed by atoms with E-state index in [9.17, 15) is 0 Å². The van der Waals surface area contributed by atoms with Crippen LogP contribution >= 0.6 is 15.9 Å². The molecule has 0 aliphatic carbocycles. The molecule has 0 saturated carbocycles. The number of rotatable bonds is 3. The molecule has 0 saturated heterocycles. The number of hydrogen-bond acceptors (Lipinski definition) is 3. The number of nitrogen functional groups attached to an aromatic ring is 2. The molecule has 3 nitrogen and oxygen atoms in total. The lowest BCUT2D eigenvalue weighted by Gasteiger charge is -2.16. The average Bonchev–Trinajstić information content (AvgIpc) is 2.34. The van der Waals surface area contributed by atoms with Crippen LogP contribution in [-0.4, -0.2) is 0 Å². The van der Waals surface area contributed by atoms with E-state index in [4.69, 9.17) is 11.5 Å². The summed E-state index contributed by atoms with van der Waals surface area (Å²) in [4.78, 5) is 0. The first kappa shape index (κ1) is 12.8. The average molecular weight is 306 g/mol. The Hall–Kier alpha value is -1.68. The van der Waals surface area contributed by atoms with E-state index in [2.05, 4.69) is 40.3 Å². The van der Waals surface area contributed by atoms with Gasteiger partial charge in [-0.15, -0.1) is 0 Å². The number of benzene rings is 2. The van der Waals surface area contributed by atoms with E-state index in [0.717, 1.165) is 10.2 Å². The van der Waals surface area contributed by atoms with Gasteiger partial charge in [-0.25, -0.2) is 0 Å². The Morgan fingerprint density at radius 3 is 2.50 bits per heavy atom. The summed E-state index contributed by atoms with van der Waals surface area (Å²) in [6.07, 6.45) is 0. The van der Waals surface area contributed by atoms with Gasteiger partial charge >= 0.3 is 0 Å². The zero-order chi connectivity index (χ0) is 13.1. The van der Waals surface area contributed by atoms with Gasteiger partial charge in [0.25, 0.3) is 0 Å². The molecule has 5 N–H and O–H groups in total. The predicted octanol–water partition coefficient (Wildman–Crippen LogP) is 3.79. The van der Waals surface area contributed by atoms with Gasteiger partial charge in [-0.05, 0) is 42.8 Å². The van der Waals surface area contributed by atoms with Gasteiger partial charge in [0.15, 0.2) is 0 Å². The fourth-order valence-corrected chi connectivity index (χ4v) is 2.19. The molecule has 2 aromatic carbocycles. The van der Waals surface area contributed by atoms with Gasteiger partial charge in [-0.3, -0.25) is 0 Å². The quantitative estimate of drug-likeness (QED) is 0.756. The third-order valence-corrected chi connectivity index (χ3v) is 3.31. The molecular formula is C14H16BrN3. The molecule has 2 aromatic rings. The van der Waals surface area contributed by atoms with Crippen LogP contribution in [0.3, 0.4) is 0 Å². The molecule has 1 unspecified atom stereocenters. The first-order chi connectivity index (χ1) is 8.56. The summed E-state index contributed by atoms with van der Waals surface area (Å²) in [6, 6.07) is 14.0.